The molecule has 0 spiro atoms. The molecule has 0 fully saturated rings. The van der Waals surface area contributed by atoms with E-state index in [1.165, 1.54) is 0 Å². The number of nitriles is 1. The molecule has 0 saturated heterocycles. The quantitative estimate of drug-likeness (QED) is 0.808. The zero-order valence-corrected chi connectivity index (χ0v) is 10.3. The van der Waals surface area contributed by atoms with E-state index < -0.39 is 0 Å². The molecule has 0 amide bonds. The van der Waals surface area contributed by atoms with Crippen molar-refractivity contribution in [2.75, 3.05) is 0 Å². The second-order valence-electron chi connectivity index (χ2n) is 4.33. The number of nitrogens with zero attached hydrogens (tertiary/aromatic N) is 5. The van der Waals surface area contributed by atoms with Crippen molar-refractivity contribution in [2.24, 2.45) is 0 Å². The Morgan fingerprint density at radius 3 is 2.82 bits per heavy atom. The molecule has 0 aliphatic carbocycles. The third-order valence-electron chi connectivity index (χ3n) is 2.61. The molecular weight excluding hydrogens is 214 g/mol. The van der Waals surface area contributed by atoms with Crippen LogP contribution in [0.3, 0.4) is 0 Å². The van der Waals surface area contributed by atoms with Crippen LogP contribution in [-0.2, 0) is 6.54 Å². The first-order chi connectivity index (χ1) is 8.13. The third kappa shape index (κ3) is 2.11. The Labute approximate surface area is 100 Å². The lowest BCUT2D eigenvalue weighted by molar-refractivity contribution is 0.726. The molecule has 17 heavy (non-hydrogen) atoms. The van der Waals surface area contributed by atoms with Crippen molar-refractivity contribution in [1.82, 2.24) is 19.5 Å². The van der Waals surface area contributed by atoms with Crippen molar-refractivity contribution in [2.45, 2.75) is 39.7 Å². The molecule has 0 radical (unpaired) electrons. The van der Waals surface area contributed by atoms with Crippen molar-refractivity contribution in [3.05, 3.63) is 17.8 Å². The first-order valence-electron chi connectivity index (χ1n) is 5.69. The molecule has 88 valence electrons. The number of hydrogen-bond acceptors (Lipinski definition) is 4. The molecule has 0 aliphatic rings. The molecular formula is C12H15N5. The molecule has 2 aromatic heterocycles. The zero-order valence-electron chi connectivity index (χ0n) is 10.3. The van der Waals surface area contributed by atoms with E-state index in [-0.39, 0.29) is 0 Å². The summed E-state index contributed by atoms with van der Waals surface area (Å²) in [5.41, 5.74) is 2.66. The molecule has 5 heteroatoms. The minimum absolute atomic E-state index is 0.318. The van der Waals surface area contributed by atoms with Crippen LogP contribution in [0.4, 0.5) is 0 Å². The molecule has 0 unspecified atom stereocenters. The number of aromatic nitrogens is 4. The molecule has 0 bridgehead atoms. The maximum Gasteiger partial charge on any atom is 0.163 e. The molecule has 2 aromatic rings. The Morgan fingerprint density at radius 1 is 1.41 bits per heavy atom. The van der Waals surface area contributed by atoms with Gasteiger partial charge in [-0.2, -0.15) is 5.26 Å². The van der Waals surface area contributed by atoms with E-state index in [2.05, 4.69) is 34.9 Å². The van der Waals surface area contributed by atoms with E-state index in [0.29, 0.717) is 18.9 Å². The Morgan fingerprint density at radius 2 is 2.18 bits per heavy atom. The van der Waals surface area contributed by atoms with Crippen molar-refractivity contribution < 1.29 is 0 Å². The lowest BCUT2D eigenvalue weighted by atomic mass is 10.1. The number of rotatable bonds is 3. The SMILES string of the molecule is Cc1nc(C(C)C)c2ncn(CCC#N)c2n1. The van der Waals surface area contributed by atoms with Gasteiger partial charge in [0.1, 0.15) is 11.3 Å². The van der Waals surface area contributed by atoms with Gasteiger partial charge >= 0.3 is 0 Å². The summed E-state index contributed by atoms with van der Waals surface area (Å²) >= 11 is 0. The van der Waals surface area contributed by atoms with Gasteiger partial charge in [0.2, 0.25) is 0 Å². The van der Waals surface area contributed by atoms with E-state index >= 15 is 0 Å². The highest BCUT2D eigenvalue weighted by Gasteiger charge is 2.13. The first-order valence-corrected chi connectivity index (χ1v) is 5.69. The summed E-state index contributed by atoms with van der Waals surface area (Å²) in [5, 5.41) is 8.62. The van der Waals surface area contributed by atoms with E-state index in [0.717, 1.165) is 22.7 Å². The summed E-state index contributed by atoms with van der Waals surface area (Å²) < 4.78 is 1.92. The summed E-state index contributed by atoms with van der Waals surface area (Å²) in [6, 6.07) is 2.13. The summed E-state index contributed by atoms with van der Waals surface area (Å²) in [6.45, 7) is 6.69. The molecule has 2 heterocycles. The van der Waals surface area contributed by atoms with Crippen molar-refractivity contribution in [3.8, 4) is 6.07 Å². The van der Waals surface area contributed by atoms with Gasteiger partial charge in [0.05, 0.1) is 24.5 Å². The van der Waals surface area contributed by atoms with Crippen LogP contribution in [0.5, 0.6) is 0 Å². The number of aryl methyl sites for hydroxylation is 2. The predicted octanol–water partition coefficient (Wildman–Crippen LogP) is 2.17. The van der Waals surface area contributed by atoms with Gasteiger partial charge in [-0.05, 0) is 12.8 Å². The molecule has 0 aromatic carbocycles. The molecule has 2 rings (SSSR count). The van der Waals surface area contributed by atoms with Gasteiger partial charge in [0, 0.05) is 6.54 Å². The van der Waals surface area contributed by atoms with E-state index in [4.69, 9.17) is 5.26 Å². The largest absolute Gasteiger partial charge is 0.314 e. The number of hydrogen-bond donors (Lipinski definition) is 0. The minimum atomic E-state index is 0.318. The third-order valence-corrected chi connectivity index (χ3v) is 2.61. The van der Waals surface area contributed by atoms with Crippen molar-refractivity contribution in [1.29, 1.82) is 5.26 Å². The monoisotopic (exact) mass is 229 g/mol. The smallest absolute Gasteiger partial charge is 0.163 e. The highest BCUT2D eigenvalue weighted by Crippen LogP contribution is 2.21. The van der Waals surface area contributed by atoms with E-state index in [1.807, 2.05) is 11.5 Å². The minimum Gasteiger partial charge on any atom is -0.314 e. The highest BCUT2D eigenvalue weighted by atomic mass is 15.1. The van der Waals surface area contributed by atoms with Gasteiger partial charge in [0.15, 0.2) is 5.65 Å². The van der Waals surface area contributed by atoms with Crippen LogP contribution in [0, 0.1) is 18.3 Å². The van der Waals surface area contributed by atoms with Crippen molar-refractivity contribution >= 4 is 11.2 Å². The summed E-state index contributed by atoms with van der Waals surface area (Å²) in [5.74, 6) is 1.07. The molecule has 0 aliphatic heterocycles. The van der Waals surface area contributed by atoms with Crippen molar-refractivity contribution in [3.63, 3.8) is 0 Å². The Balaban J connectivity index is 2.57. The highest BCUT2D eigenvalue weighted by molar-refractivity contribution is 5.74. The van der Waals surface area contributed by atoms with Gasteiger partial charge in [0.25, 0.3) is 0 Å². The van der Waals surface area contributed by atoms with Gasteiger partial charge in [-0.25, -0.2) is 15.0 Å². The molecule has 5 nitrogen and oxygen atoms in total. The first kappa shape index (κ1) is 11.5. The van der Waals surface area contributed by atoms with Crippen LogP contribution in [0.25, 0.3) is 11.2 Å². The normalized spacial score (nSPS) is 11.0. The topological polar surface area (TPSA) is 67.4 Å². The predicted molar refractivity (Wildman–Crippen MR) is 64.4 cm³/mol. The van der Waals surface area contributed by atoms with Crippen LogP contribution in [-0.4, -0.2) is 19.5 Å². The lowest BCUT2D eigenvalue weighted by Crippen LogP contribution is -2.02. The number of imidazole rings is 1. The Kier molecular flexibility index (Phi) is 3.05. The summed E-state index contributed by atoms with van der Waals surface area (Å²) in [6.07, 6.45) is 2.20. The molecule has 0 saturated carbocycles. The van der Waals surface area contributed by atoms with Gasteiger partial charge in [-0.15, -0.1) is 0 Å². The van der Waals surface area contributed by atoms with Crippen LogP contribution in [0.1, 0.15) is 37.7 Å². The Hall–Kier alpha value is -1.96. The fourth-order valence-electron chi connectivity index (χ4n) is 1.82. The number of fused-ring (bicyclic) bond motifs is 1. The lowest BCUT2D eigenvalue weighted by Gasteiger charge is -2.07. The Bertz CT molecular complexity index is 576. The van der Waals surface area contributed by atoms with Gasteiger partial charge in [-0.3, -0.25) is 0 Å². The van der Waals surface area contributed by atoms with Crippen LogP contribution in [0.2, 0.25) is 0 Å². The van der Waals surface area contributed by atoms with E-state index in [9.17, 15) is 0 Å². The van der Waals surface area contributed by atoms with Crippen LogP contribution < -0.4 is 0 Å². The molecule has 0 atom stereocenters. The molecule has 0 N–H and O–H groups in total. The summed E-state index contributed by atoms with van der Waals surface area (Å²) in [4.78, 5) is 13.2. The van der Waals surface area contributed by atoms with Gasteiger partial charge in [-0.1, -0.05) is 13.8 Å². The maximum atomic E-state index is 8.62. The van der Waals surface area contributed by atoms with E-state index in [1.54, 1.807) is 6.33 Å². The summed E-state index contributed by atoms with van der Waals surface area (Å²) in [7, 11) is 0. The van der Waals surface area contributed by atoms with Crippen LogP contribution in [0.15, 0.2) is 6.33 Å². The fourth-order valence-corrected chi connectivity index (χ4v) is 1.82. The second kappa shape index (κ2) is 4.50. The average Bonchev–Trinajstić information content (AvgIpc) is 2.68. The fraction of sp³-hybridized carbons (Fsp3) is 0.500. The second-order valence-corrected chi connectivity index (χ2v) is 4.33. The standard InChI is InChI=1S/C12H15N5/c1-8(2)10-11-12(16-9(3)15-10)17(7-14-11)6-4-5-13/h7-8H,4,6H2,1-3H3. The van der Waals surface area contributed by atoms with Crippen LogP contribution >= 0.6 is 0 Å². The average molecular weight is 229 g/mol. The van der Waals surface area contributed by atoms with Gasteiger partial charge < -0.3 is 4.57 Å². The zero-order chi connectivity index (χ0) is 12.4. The maximum absolute atomic E-state index is 8.62.